The highest BCUT2D eigenvalue weighted by molar-refractivity contribution is 9.10. The van der Waals surface area contributed by atoms with Crippen LogP contribution in [-0.4, -0.2) is 14.0 Å². The highest BCUT2D eigenvalue weighted by atomic mass is 79.9. The van der Waals surface area contributed by atoms with Gasteiger partial charge in [-0.1, -0.05) is 0 Å². The summed E-state index contributed by atoms with van der Waals surface area (Å²) in [6, 6.07) is 2.73. The van der Waals surface area contributed by atoms with E-state index in [1.165, 1.54) is 0 Å². The summed E-state index contributed by atoms with van der Waals surface area (Å²) in [4.78, 5) is 0. The van der Waals surface area contributed by atoms with Gasteiger partial charge in [-0.3, -0.25) is 4.72 Å². The lowest BCUT2D eigenvalue weighted by molar-refractivity contribution is -0.137. The van der Waals surface area contributed by atoms with Crippen molar-refractivity contribution in [2.75, 3.05) is 4.72 Å². The Morgan fingerprint density at radius 1 is 1.15 bits per heavy atom. The summed E-state index contributed by atoms with van der Waals surface area (Å²) in [5.74, 6) is 0. The van der Waals surface area contributed by atoms with Crippen molar-refractivity contribution in [1.82, 2.24) is 4.72 Å². The van der Waals surface area contributed by atoms with Gasteiger partial charge in [0.05, 0.1) is 11.3 Å². The van der Waals surface area contributed by atoms with Gasteiger partial charge >= 0.3 is 6.18 Å². The van der Waals surface area contributed by atoms with Gasteiger partial charge in [-0.2, -0.15) is 26.3 Å². The molecule has 1 aromatic rings. The minimum Gasteiger partial charge on any atom is -0.270 e. The van der Waals surface area contributed by atoms with Crippen LogP contribution < -0.4 is 9.44 Å². The number of nitrogens with one attached hydrogen (secondary N) is 2. The highest BCUT2D eigenvalue weighted by Crippen LogP contribution is 2.34. The molecule has 4 nitrogen and oxygen atoms in total. The van der Waals surface area contributed by atoms with Crippen molar-refractivity contribution in [1.29, 1.82) is 0 Å². The molecule has 0 atom stereocenters. The van der Waals surface area contributed by atoms with Crippen LogP contribution in [0.1, 0.15) is 26.3 Å². The Morgan fingerprint density at radius 2 is 1.70 bits per heavy atom. The Hall–Kier alpha value is -0.800. The fourth-order valence-electron chi connectivity index (χ4n) is 1.35. The summed E-state index contributed by atoms with van der Waals surface area (Å²) in [5, 5.41) is 0. The van der Waals surface area contributed by atoms with Crippen molar-refractivity contribution in [2.24, 2.45) is 0 Å². The second-order valence-corrected chi connectivity index (χ2v) is 7.42. The van der Waals surface area contributed by atoms with E-state index >= 15 is 0 Å². The first-order valence-electron chi connectivity index (χ1n) is 5.49. The van der Waals surface area contributed by atoms with Crippen LogP contribution >= 0.6 is 15.9 Å². The van der Waals surface area contributed by atoms with E-state index in [2.05, 4.69) is 25.4 Å². The Balaban J connectivity index is 3.09. The van der Waals surface area contributed by atoms with Crippen LogP contribution in [0.5, 0.6) is 0 Å². The van der Waals surface area contributed by atoms with Crippen LogP contribution in [0.15, 0.2) is 22.7 Å². The summed E-state index contributed by atoms with van der Waals surface area (Å²) >= 11 is 3.01. The minimum atomic E-state index is -4.54. The Morgan fingerprint density at radius 3 is 2.15 bits per heavy atom. The van der Waals surface area contributed by atoms with Gasteiger partial charge in [-0.05, 0) is 54.9 Å². The minimum absolute atomic E-state index is 0.184. The van der Waals surface area contributed by atoms with Crippen molar-refractivity contribution >= 4 is 31.8 Å². The zero-order chi connectivity index (χ0) is 15.8. The van der Waals surface area contributed by atoms with Crippen molar-refractivity contribution in [3.63, 3.8) is 0 Å². The van der Waals surface area contributed by atoms with Gasteiger partial charge in [0.25, 0.3) is 10.2 Å². The fraction of sp³-hybridized carbons (Fsp3) is 0.455. The Labute approximate surface area is 124 Å². The normalized spacial score (nSPS) is 13.3. The zero-order valence-electron chi connectivity index (χ0n) is 11.0. The van der Waals surface area contributed by atoms with Crippen molar-refractivity contribution in [2.45, 2.75) is 32.5 Å². The maximum Gasteiger partial charge on any atom is 0.416 e. The van der Waals surface area contributed by atoms with E-state index in [0.29, 0.717) is 0 Å². The van der Waals surface area contributed by atoms with E-state index in [-0.39, 0.29) is 10.2 Å². The first-order chi connectivity index (χ1) is 8.80. The average Bonchev–Trinajstić information content (AvgIpc) is 2.15. The van der Waals surface area contributed by atoms with Crippen molar-refractivity contribution < 1.29 is 21.6 Å². The number of rotatable bonds is 3. The molecular weight excluding hydrogens is 361 g/mol. The number of hydrogen-bond donors (Lipinski definition) is 2. The third-order valence-electron chi connectivity index (χ3n) is 1.98. The molecule has 20 heavy (non-hydrogen) atoms. The van der Waals surface area contributed by atoms with Gasteiger partial charge in [0.15, 0.2) is 0 Å². The second-order valence-electron chi connectivity index (χ2n) is 5.15. The largest absolute Gasteiger partial charge is 0.416 e. The lowest BCUT2D eigenvalue weighted by Gasteiger charge is -2.21. The molecule has 1 rings (SSSR count). The molecule has 0 saturated carbocycles. The molecule has 0 radical (unpaired) electrons. The zero-order valence-corrected chi connectivity index (χ0v) is 13.4. The molecule has 0 heterocycles. The second kappa shape index (κ2) is 5.53. The maximum atomic E-state index is 12.6. The van der Waals surface area contributed by atoms with Gasteiger partial charge in [-0.15, -0.1) is 0 Å². The number of hydrogen-bond acceptors (Lipinski definition) is 2. The van der Waals surface area contributed by atoms with Crippen molar-refractivity contribution in [3.8, 4) is 0 Å². The lowest BCUT2D eigenvalue weighted by Crippen LogP contribution is -2.43. The smallest absolute Gasteiger partial charge is 0.270 e. The van der Waals surface area contributed by atoms with Crippen LogP contribution in [0.3, 0.4) is 0 Å². The molecule has 0 fully saturated rings. The lowest BCUT2D eigenvalue weighted by atomic mass is 10.1. The third kappa shape index (κ3) is 5.29. The molecule has 2 N–H and O–H groups in total. The van der Waals surface area contributed by atoms with Gasteiger partial charge in [0.2, 0.25) is 0 Å². The molecular formula is C11H14BrF3N2O2S. The maximum absolute atomic E-state index is 12.6. The molecule has 0 spiro atoms. The summed E-state index contributed by atoms with van der Waals surface area (Å²) in [6.07, 6.45) is -4.54. The quantitative estimate of drug-likeness (QED) is 0.850. The van der Waals surface area contributed by atoms with Crippen molar-refractivity contribution in [3.05, 3.63) is 28.2 Å². The van der Waals surface area contributed by atoms with E-state index in [1.807, 2.05) is 0 Å². The van der Waals surface area contributed by atoms with E-state index in [4.69, 9.17) is 0 Å². The average molecular weight is 375 g/mol. The topological polar surface area (TPSA) is 58.2 Å². The van der Waals surface area contributed by atoms with Crippen LogP contribution in [-0.2, 0) is 16.4 Å². The number of anilines is 1. The molecule has 0 unspecified atom stereocenters. The Bertz CT molecular complexity index is 595. The summed E-state index contributed by atoms with van der Waals surface area (Å²) in [5.41, 5.74) is -1.87. The standard InChI is InChI=1S/C11H14BrF3N2O2S/c1-10(2,3)17-20(18,19)16-9-6-7(11(13,14)15)4-5-8(9)12/h4-6,16-17H,1-3H3. The number of halogens is 4. The molecule has 0 aliphatic carbocycles. The van der Waals surface area contributed by atoms with Gasteiger partial charge < -0.3 is 0 Å². The van der Waals surface area contributed by atoms with Crippen LogP contribution in [0, 0.1) is 0 Å². The molecule has 0 aliphatic rings. The predicted molar refractivity (Wildman–Crippen MR) is 74.6 cm³/mol. The van der Waals surface area contributed by atoms with Crippen LogP contribution in [0.2, 0.25) is 0 Å². The monoisotopic (exact) mass is 374 g/mol. The first kappa shape index (κ1) is 17.3. The van der Waals surface area contributed by atoms with Gasteiger partial charge in [-0.25, -0.2) is 0 Å². The predicted octanol–water partition coefficient (Wildman–Crippen LogP) is 3.51. The molecule has 9 heteroatoms. The van der Waals surface area contributed by atoms with Crippen LogP contribution in [0.4, 0.5) is 18.9 Å². The fourth-order valence-corrected chi connectivity index (χ4v) is 3.15. The molecule has 0 saturated heterocycles. The summed E-state index contributed by atoms with van der Waals surface area (Å²) in [7, 11) is -3.97. The molecule has 114 valence electrons. The number of benzene rings is 1. The molecule has 0 amide bonds. The molecule has 0 aliphatic heterocycles. The Kier molecular flexibility index (Phi) is 4.77. The molecule has 0 aromatic heterocycles. The summed E-state index contributed by atoms with van der Waals surface area (Å²) in [6.45, 7) is 4.86. The van der Waals surface area contributed by atoms with E-state index in [1.54, 1.807) is 20.8 Å². The third-order valence-corrected chi connectivity index (χ3v) is 4.04. The molecule has 0 bridgehead atoms. The van der Waals surface area contributed by atoms with Gasteiger partial charge in [0.1, 0.15) is 0 Å². The summed E-state index contributed by atoms with van der Waals surface area (Å²) < 4.78 is 66.0. The molecule has 1 aromatic carbocycles. The highest BCUT2D eigenvalue weighted by Gasteiger charge is 2.31. The number of alkyl halides is 3. The van der Waals surface area contributed by atoms with E-state index in [0.717, 1.165) is 18.2 Å². The van der Waals surface area contributed by atoms with E-state index in [9.17, 15) is 21.6 Å². The van der Waals surface area contributed by atoms with Crippen LogP contribution in [0.25, 0.3) is 0 Å². The first-order valence-corrected chi connectivity index (χ1v) is 7.76. The van der Waals surface area contributed by atoms with E-state index < -0.39 is 27.5 Å². The van der Waals surface area contributed by atoms with Gasteiger partial charge in [0, 0.05) is 10.0 Å². The SMILES string of the molecule is CC(C)(C)NS(=O)(=O)Nc1cc(C(F)(F)F)ccc1Br.